The van der Waals surface area contributed by atoms with Crippen LogP contribution >= 0.6 is 0 Å². The lowest BCUT2D eigenvalue weighted by atomic mass is 9.81. The highest BCUT2D eigenvalue weighted by Gasteiger charge is 2.45. The van der Waals surface area contributed by atoms with Gasteiger partial charge in [-0.05, 0) is 29.3 Å². The number of ketones is 2. The number of fused-ring (bicyclic) bond motifs is 2. The fourth-order valence-electron chi connectivity index (χ4n) is 4.83. The number of benzene rings is 3. The summed E-state index contributed by atoms with van der Waals surface area (Å²) in [5.41, 5.74) is 1.28. The first-order valence-corrected chi connectivity index (χ1v) is 12.0. The Balaban J connectivity index is 1.64. The molecule has 6 N–H and O–H groups in total. The predicted octanol–water partition coefficient (Wildman–Crippen LogP) is 0.429. The first kappa shape index (κ1) is 26.0. The highest BCUT2D eigenvalue weighted by atomic mass is 16.7. The third kappa shape index (κ3) is 4.37. The molecule has 3 aromatic rings. The van der Waals surface area contributed by atoms with Gasteiger partial charge in [0.05, 0.1) is 18.8 Å². The van der Waals surface area contributed by atoms with Crippen LogP contribution in [0.5, 0.6) is 11.5 Å². The van der Waals surface area contributed by atoms with Gasteiger partial charge in [-0.15, -0.1) is 0 Å². The summed E-state index contributed by atoms with van der Waals surface area (Å²) in [6.45, 7) is -1.04. The van der Waals surface area contributed by atoms with Gasteiger partial charge in [-0.2, -0.15) is 0 Å². The number of aliphatic hydroxyl groups excluding tert-OH is 5. The minimum atomic E-state index is -1.77. The summed E-state index contributed by atoms with van der Waals surface area (Å²) in [7, 11) is 0. The van der Waals surface area contributed by atoms with Crippen LogP contribution in [0.15, 0.2) is 54.6 Å². The molecule has 2 aliphatic rings. The molecule has 38 heavy (non-hydrogen) atoms. The molecule has 5 atom stereocenters. The number of ether oxygens (including phenoxy) is 2. The van der Waals surface area contributed by atoms with E-state index in [4.69, 9.17) is 9.47 Å². The summed E-state index contributed by atoms with van der Waals surface area (Å²) in [5, 5.41) is 61.2. The zero-order valence-electron chi connectivity index (χ0n) is 20.0. The molecule has 10 nitrogen and oxygen atoms in total. The van der Waals surface area contributed by atoms with Gasteiger partial charge in [-0.1, -0.05) is 36.4 Å². The van der Waals surface area contributed by atoms with E-state index in [1.54, 1.807) is 12.1 Å². The second-order valence-electron chi connectivity index (χ2n) is 9.31. The molecule has 3 aromatic carbocycles. The van der Waals surface area contributed by atoms with Gasteiger partial charge in [0, 0.05) is 28.7 Å². The van der Waals surface area contributed by atoms with E-state index < -0.39 is 54.6 Å². The molecule has 10 heteroatoms. The molecule has 0 bridgehead atoms. The molecule has 198 valence electrons. The Hall–Kier alpha value is -3.64. The van der Waals surface area contributed by atoms with Crippen molar-refractivity contribution >= 4 is 11.6 Å². The lowest BCUT2D eigenvalue weighted by Gasteiger charge is -2.40. The lowest BCUT2D eigenvalue weighted by molar-refractivity contribution is -0.277. The number of carbonyl (C=O) groups is 2. The maximum atomic E-state index is 13.5. The molecule has 1 fully saturated rings. The number of hydrogen-bond donors (Lipinski definition) is 6. The Labute approximate surface area is 216 Å². The quantitative estimate of drug-likeness (QED) is 0.208. The Bertz CT molecular complexity index is 1380. The van der Waals surface area contributed by atoms with E-state index in [1.165, 1.54) is 24.3 Å². The molecule has 0 amide bonds. The van der Waals surface area contributed by atoms with Crippen molar-refractivity contribution in [1.29, 1.82) is 0 Å². The SMILES string of the molecule is O=C1c2ccc(CO)cc2C(=O)c2c1cc(Cc1ccccc1)c(O[C@@H]1O[C@@H](CO)[C@H](O)[C@@H](O)[C@@H]1O)c2O. The molecule has 1 heterocycles. The average molecular weight is 523 g/mol. The topological polar surface area (TPSA) is 174 Å². The van der Waals surface area contributed by atoms with Crippen LogP contribution in [0.4, 0.5) is 0 Å². The standard InChI is InChI=1S/C28H26O10/c29-11-14-6-7-16-17(9-14)22(32)20-18(21(16)31)10-15(8-13-4-2-1-3-5-13)27(24(20)34)38-28-26(36)25(35)23(33)19(12-30)37-28/h1-7,9-10,19,23,25-26,28-30,33-36H,8,11-12H2/t19-,23-,25+,26-,28-/m0/s1. The van der Waals surface area contributed by atoms with Crippen LogP contribution in [0, 0.1) is 0 Å². The van der Waals surface area contributed by atoms with E-state index in [0.717, 1.165) is 5.56 Å². The summed E-state index contributed by atoms with van der Waals surface area (Å²) in [4.78, 5) is 26.9. The molecule has 1 aliphatic carbocycles. The number of aliphatic hydroxyl groups is 5. The Morgan fingerprint density at radius 3 is 2.21 bits per heavy atom. The van der Waals surface area contributed by atoms with Crippen LogP contribution in [0.1, 0.15) is 48.5 Å². The first-order valence-electron chi connectivity index (χ1n) is 12.0. The number of hydrogen-bond acceptors (Lipinski definition) is 10. The molecule has 0 spiro atoms. The summed E-state index contributed by atoms with van der Waals surface area (Å²) in [6, 6.07) is 14.9. The van der Waals surface area contributed by atoms with E-state index in [0.29, 0.717) is 11.1 Å². The fourth-order valence-corrected chi connectivity index (χ4v) is 4.83. The molecule has 0 aromatic heterocycles. The molecular formula is C28H26O10. The highest BCUT2D eigenvalue weighted by Crippen LogP contribution is 2.43. The van der Waals surface area contributed by atoms with Gasteiger partial charge < -0.3 is 40.1 Å². The molecule has 1 saturated heterocycles. The van der Waals surface area contributed by atoms with Crippen molar-refractivity contribution in [1.82, 2.24) is 0 Å². The van der Waals surface area contributed by atoms with Crippen molar-refractivity contribution in [2.75, 3.05) is 6.61 Å². The minimum Gasteiger partial charge on any atom is -0.504 e. The maximum absolute atomic E-state index is 13.5. The molecule has 0 unspecified atom stereocenters. The molecule has 0 saturated carbocycles. The van der Waals surface area contributed by atoms with Crippen molar-refractivity contribution < 1.29 is 49.7 Å². The van der Waals surface area contributed by atoms with Gasteiger partial charge in [-0.25, -0.2) is 0 Å². The number of phenolic OH excluding ortho intramolecular Hbond substituents is 1. The molecule has 0 radical (unpaired) electrons. The molecular weight excluding hydrogens is 496 g/mol. The van der Waals surface area contributed by atoms with Crippen molar-refractivity contribution in [3.05, 3.63) is 93.5 Å². The zero-order chi connectivity index (χ0) is 27.1. The zero-order valence-corrected chi connectivity index (χ0v) is 20.0. The molecule has 5 rings (SSSR count). The highest BCUT2D eigenvalue weighted by molar-refractivity contribution is 6.29. The van der Waals surface area contributed by atoms with Crippen molar-refractivity contribution in [3.8, 4) is 11.5 Å². The van der Waals surface area contributed by atoms with Crippen LogP contribution in [0.3, 0.4) is 0 Å². The largest absolute Gasteiger partial charge is 0.504 e. The third-order valence-corrected chi connectivity index (χ3v) is 6.88. The normalized spacial score (nSPS) is 24.6. The van der Waals surface area contributed by atoms with E-state index in [-0.39, 0.29) is 41.0 Å². The van der Waals surface area contributed by atoms with Gasteiger partial charge in [0.1, 0.15) is 24.4 Å². The van der Waals surface area contributed by atoms with Crippen LogP contribution in [0.2, 0.25) is 0 Å². The third-order valence-electron chi connectivity index (χ3n) is 6.88. The Kier molecular flexibility index (Phi) is 7.01. The van der Waals surface area contributed by atoms with Gasteiger partial charge in [0.15, 0.2) is 23.1 Å². The number of aromatic hydroxyl groups is 1. The fraction of sp³-hybridized carbons (Fsp3) is 0.286. The summed E-state index contributed by atoms with van der Waals surface area (Å²) in [6.07, 6.45) is -7.85. The second kappa shape index (κ2) is 10.3. The number of carbonyl (C=O) groups excluding carboxylic acids is 2. The van der Waals surface area contributed by atoms with Gasteiger partial charge in [-0.3, -0.25) is 9.59 Å². The number of rotatable bonds is 6. The van der Waals surface area contributed by atoms with E-state index >= 15 is 0 Å². The predicted molar refractivity (Wildman–Crippen MR) is 131 cm³/mol. The first-order chi connectivity index (χ1) is 18.2. The maximum Gasteiger partial charge on any atom is 0.229 e. The summed E-state index contributed by atoms with van der Waals surface area (Å²) >= 11 is 0. The summed E-state index contributed by atoms with van der Waals surface area (Å²) < 4.78 is 11.3. The van der Waals surface area contributed by atoms with E-state index in [9.17, 15) is 40.2 Å². The van der Waals surface area contributed by atoms with Gasteiger partial charge in [0.2, 0.25) is 6.29 Å². The molecule has 1 aliphatic heterocycles. The minimum absolute atomic E-state index is 0.0129. The van der Waals surface area contributed by atoms with Crippen molar-refractivity contribution in [2.45, 2.75) is 43.7 Å². The van der Waals surface area contributed by atoms with E-state index in [1.807, 2.05) is 18.2 Å². The van der Waals surface area contributed by atoms with Crippen LogP contribution in [-0.2, 0) is 17.8 Å². The number of phenols is 1. The van der Waals surface area contributed by atoms with Crippen LogP contribution in [0.25, 0.3) is 0 Å². The Morgan fingerprint density at radius 1 is 0.789 bits per heavy atom. The second-order valence-corrected chi connectivity index (χ2v) is 9.31. The summed E-state index contributed by atoms with van der Waals surface area (Å²) in [5.74, 6) is -2.08. The van der Waals surface area contributed by atoms with Crippen molar-refractivity contribution in [2.24, 2.45) is 0 Å². The smallest absolute Gasteiger partial charge is 0.229 e. The van der Waals surface area contributed by atoms with Gasteiger partial charge >= 0.3 is 0 Å². The van der Waals surface area contributed by atoms with Crippen LogP contribution in [-0.4, -0.2) is 79.5 Å². The van der Waals surface area contributed by atoms with Crippen molar-refractivity contribution in [3.63, 3.8) is 0 Å². The monoisotopic (exact) mass is 522 g/mol. The Morgan fingerprint density at radius 2 is 1.53 bits per heavy atom. The van der Waals surface area contributed by atoms with Gasteiger partial charge in [0.25, 0.3) is 0 Å². The lowest BCUT2D eigenvalue weighted by Crippen LogP contribution is -2.60. The van der Waals surface area contributed by atoms with E-state index in [2.05, 4.69) is 0 Å². The average Bonchev–Trinajstić information content (AvgIpc) is 2.93. The van der Waals surface area contributed by atoms with Crippen LogP contribution < -0.4 is 4.74 Å².